The largest absolute Gasteiger partial charge is 0.311 e. The van der Waals surface area contributed by atoms with E-state index in [2.05, 4.69) is 34.2 Å². The highest BCUT2D eigenvalue weighted by Gasteiger charge is 2.09. The molecule has 0 aliphatic carbocycles. The summed E-state index contributed by atoms with van der Waals surface area (Å²) in [7, 11) is 0. The summed E-state index contributed by atoms with van der Waals surface area (Å²) >= 11 is 0. The lowest BCUT2D eigenvalue weighted by atomic mass is 10.2. The van der Waals surface area contributed by atoms with Crippen LogP contribution in [-0.2, 0) is 6.54 Å². The lowest BCUT2D eigenvalue weighted by Crippen LogP contribution is -2.13. The van der Waals surface area contributed by atoms with E-state index in [1.807, 2.05) is 18.5 Å². The molecular formula is C13H19N5. The minimum atomic E-state index is 0.750. The SMILES string of the molecule is CCNCc1cnc(-n2nc(C)c(C)c2C)cn1. The van der Waals surface area contributed by atoms with Gasteiger partial charge >= 0.3 is 0 Å². The lowest BCUT2D eigenvalue weighted by molar-refractivity contribution is 0.702. The second-order valence-electron chi connectivity index (χ2n) is 4.35. The Morgan fingerprint density at radius 1 is 1.17 bits per heavy atom. The Labute approximate surface area is 107 Å². The van der Waals surface area contributed by atoms with Crippen LogP contribution in [0, 0.1) is 20.8 Å². The minimum absolute atomic E-state index is 0.750. The van der Waals surface area contributed by atoms with Crippen LogP contribution in [-0.4, -0.2) is 26.3 Å². The van der Waals surface area contributed by atoms with Crippen molar-refractivity contribution in [2.45, 2.75) is 34.2 Å². The first-order valence-electron chi connectivity index (χ1n) is 6.18. The van der Waals surface area contributed by atoms with Crippen molar-refractivity contribution in [3.8, 4) is 5.82 Å². The molecule has 0 fully saturated rings. The summed E-state index contributed by atoms with van der Waals surface area (Å²) in [5.41, 5.74) is 4.29. The zero-order chi connectivity index (χ0) is 13.1. The van der Waals surface area contributed by atoms with E-state index in [0.29, 0.717) is 0 Å². The van der Waals surface area contributed by atoms with Crippen molar-refractivity contribution >= 4 is 0 Å². The zero-order valence-electron chi connectivity index (χ0n) is 11.4. The Balaban J connectivity index is 2.26. The fraction of sp³-hybridized carbons (Fsp3) is 0.462. The summed E-state index contributed by atoms with van der Waals surface area (Å²) in [5.74, 6) is 0.768. The molecule has 0 aliphatic rings. The molecular weight excluding hydrogens is 226 g/mol. The zero-order valence-corrected chi connectivity index (χ0v) is 11.4. The fourth-order valence-corrected chi connectivity index (χ4v) is 1.75. The topological polar surface area (TPSA) is 55.6 Å². The highest BCUT2D eigenvalue weighted by atomic mass is 15.3. The molecule has 0 saturated carbocycles. The van der Waals surface area contributed by atoms with Gasteiger partial charge in [0, 0.05) is 12.2 Å². The maximum atomic E-state index is 4.47. The number of hydrogen-bond donors (Lipinski definition) is 1. The molecule has 0 saturated heterocycles. The number of aromatic nitrogens is 4. The van der Waals surface area contributed by atoms with E-state index < -0.39 is 0 Å². The molecule has 1 N–H and O–H groups in total. The van der Waals surface area contributed by atoms with Gasteiger partial charge in [-0.3, -0.25) is 4.98 Å². The molecule has 0 unspecified atom stereocenters. The van der Waals surface area contributed by atoms with Crippen molar-refractivity contribution in [3.05, 3.63) is 35.0 Å². The van der Waals surface area contributed by atoms with Gasteiger partial charge in [0.2, 0.25) is 0 Å². The van der Waals surface area contributed by atoms with Crippen molar-refractivity contribution in [1.82, 2.24) is 25.1 Å². The van der Waals surface area contributed by atoms with Crippen LogP contribution in [0.4, 0.5) is 0 Å². The Morgan fingerprint density at radius 3 is 2.44 bits per heavy atom. The number of hydrogen-bond acceptors (Lipinski definition) is 4. The molecule has 96 valence electrons. The lowest BCUT2D eigenvalue weighted by Gasteiger charge is -2.05. The molecule has 0 amide bonds. The highest BCUT2D eigenvalue weighted by molar-refractivity contribution is 5.30. The van der Waals surface area contributed by atoms with Gasteiger partial charge in [0.25, 0.3) is 0 Å². The van der Waals surface area contributed by atoms with E-state index in [1.165, 1.54) is 5.56 Å². The molecule has 2 aromatic rings. The van der Waals surface area contributed by atoms with Crippen LogP contribution in [0.5, 0.6) is 0 Å². The molecule has 2 heterocycles. The van der Waals surface area contributed by atoms with E-state index in [0.717, 1.165) is 36.0 Å². The van der Waals surface area contributed by atoms with Crippen molar-refractivity contribution in [3.63, 3.8) is 0 Å². The van der Waals surface area contributed by atoms with Crippen LogP contribution in [0.2, 0.25) is 0 Å². The van der Waals surface area contributed by atoms with Crippen LogP contribution >= 0.6 is 0 Å². The Kier molecular flexibility index (Phi) is 3.72. The molecule has 2 aromatic heterocycles. The van der Waals surface area contributed by atoms with Gasteiger partial charge in [-0.2, -0.15) is 5.10 Å². The molecule has 5 heteroatoms. The molecule has 5 nitrogen and oxygen atoms in total. The van der Waals surface area contributed by atoms with Gasteiger partial charge < -0.3 is 5.32 Å². The molecule has 0 spiro atoms. The molecule has 0 atom stereocenters. The molecule has 18 heavy (non-hydrogen) atoms. The molecule has 0 radical (unpaired) electrons. The summed E-state index contributed by atoms with van der Waals surface area (Å²) in [4.78, 5) is 8.80. The van der Waals surface area contributed by atoms with Gasteiger partial charge in [-0.1, -0.05) is 6.92 Å². The quantitative estimate of drug-likeness (QED) is 0.890. The van der Waals surface area contributed by atoms with Crippen LogP contribution < -0.4 is 5.32 Å². The van der Waals surface area contributed by atoms with Crippen LogP contribution in [0.1, 0.15) is 29.6 Å². The van der Waals surface area contributed by atoms with E-state index in [1.54, 1.807) is 12.4 Å². The molecule has 2 rings (SSSR count). The van der Waals surface area contributed by atoms with E-state index in [9.17, 15) is 0 Å². The number of aryl methyl sites for hydroxylation is 1. The number of nitrogens with one attached hydrogen (secondary N) is 1. The highest BCUT2D eigenvalue weighted by Crippen LogP contribution is 2.14. The Hall–Kier alpha value is -1.75. The van der Waals surface area contributed by atoms with E-state index in [-0.39, 0.29) is 0 Å². The Bertz CT molecular complexity index is 527. The third-order valence-corrected chi connectivity index (χ3v) is 3.12. The number of rotatable bonds is 4. The van der Waals surface area contributed by atoms with Crippen LogP contribution in [0.15, 0.2) is 12.4 Å². The van der Waals surface area contributed by atoms with Crippen molar-refractivity contribution in [2.75, 3.05) is 6.54 Å². The second kappa shape index (κ2) is 5.27. The van der Waals surface area contributed by atoms with Crippen molar-refractivity contribution < 1.29 is 0 Å². The molecule has 0 aromatic carbocycles. The first kappa shape index (κ1) is 12.7. The van der Waals surface area contributed by atoms with Gasteiger partial charge in [-0.15, -0.1) is 0 Å². The Morgan fingerprint density at radius 2 is 1.94 bits per heavy atom. The smallest absolute Gasteiger partial charge is 0.172 e. The van der Waals surface area contributed by atoms with Gasteiger partial charge in [0.05, 0.1) is 23.8 Å². The first-order chi connectivity index (χ1) is 8.63. The molecule has 0 bridgehead atoms. The third kappa shape index (κ3) is 2.41. The van der Waals surface area contributed by atoms with E-state index in [4.69, 9.17) is 0 Å². The normalized spacial score (nSPS) is 10.9. The maximum Gasteiger partial charge on any atom is 0.172 e. The van der Waals surface area contributed by atoms with Gasteiger partial charge in [0.15, 0.2) is 5.82 Å². The predicted octanol–water partition coefficient (Wildman–Crippen LogP) is 1.70. The third-order valence-electron chi connectivity index (χ3n) is 3.12. The summed E-state index contributed by atoms with van der Waals surface area (Å²) in [6.45, 7) is 9.87. The minimum Gasteiger partial charge on any atom is -0.311 e. The number of nitrogens with zero attached hydrogens (tertiary/aromatic N) is 4. The van der Waals surface area contributed by atoms with Gasteiger partial charge in [-0.25, -0.2) is 9.67 Å². The summed E-state index contributed by atoms with van der Waals surface area (Å²) in [5, 5.41) is 7.69. The summed E-state index contributed by atoms with van der Waals surface area (Å²) in [6, 6.07) is 0. The fourth-order valence-electron chi connectivity index (χ4n) is 1.75. The predicted molar refractivity (Wildman–Crippen MR) is 70.7 cm³/mol. The van der Waals surface area contributed by atoms with Crippen molar-refractivity contribution in [1.29, 1.82) is 0 Å². The average Bonchev–Trinajstić information content (AvgIpc) is 2.65. The van der Waals surface area contributed by atoms with Gasteiger partial charge in [0.1, 0.15) is 0 Å². The van der Waals surface area contributed by atoms with Gasteiger partial charge in [-0.05, 0) is 32.9 Å². The monoisotopic (exact) mass is 245 g/mol. The summed E-state index contributed by atoms with van der Waals surface area (Å²) in [6.07, 6.45) is 3.56. The van der Waals surface area contributed by atoms with Crippen molar-refractivity contribution in [2.24, 2.45) is 0 Å². The second-order valence-corrected chi connectivity index (χ2v) is 4.35. The average molecular weight is 245 g/mol. The standard InChI is InChI=1S/C13H19N5/c1-5-14-6-12-7-16-13(8-15-12)18-11(4)9(2)10(3)17-18/h7-8,14H,5-6H2,1-4H3. The summed E-state index contributed by atoms with van der Waals surface area (Å²) < 4.78 is 1.84. The molecule has 0 aliphatic heterocycles. The van der Waals surface area contributed by atoms with Crippen LogP contribution in [0.3, 0.4) is 0 Å². The first-order valence-corrected chi connectivity index (χ1v) is 6.18. The van der Waals surface area contributed by atoms with E-state index >= 15 is 0 Å². The maximum absolute atomic E-state index is 4.47. The van der Waals surface area contributed by atoms with Crippen LogP contribution in [0.25, 0.3) is 5.82 Å².